The second-order valence-corrected chi connectivity index (χ2v) is 4.60. The zero-order valence-corrected chi connectivity index (χ0v) is 11.1. The van der Waals surface area contributed by atoms with Gasteiger partial charge in [-0.25, -0.2) is 4.79 Å². The third-order valence-corrected chi connectivity index (χ3v) is 3.21. The molecule has 5 nitrogen and oxygen atoms in total. The highest BCUT2D eigenvalue weighted by Crippen LogP contribution is 2.24. The van der Waals surface area contributed by atoms with E-state index in [-0.39, 0.29) is 5.97 Å². The van der Waals surface area contributed by atoms with Gasteiger partial charge < -0.3 is 20.5 Å². The molecule has 5 heteroatoms. The van der Waals surface area contributed by atoms with Crippen molar-refractivity contribution < 1.29 is 14.3 Å². The van der Waals surface area contributed by atoms with Gasteiger partial charge in [0.1, 0.15) is 0 Å². The van der Waals surface area contributed by atoms with E-state index in [1.807, 2.05) is 6.07 Å². The minimum absolute atomic E-state index is 0.343. The lowest BCUT2D eigenvalue weighted by atomic mass is 10.1. The number of nitrogen functional groups attached to an aromatic ring is 1. The van der Waals surface area contributed by atoms with Gasteiger partial charge in [0.05, 0.1) is 30.2 Å². The van der Waals surface area contributed by atoms with Crippen molar-refractivity contribution in [3.05, 3.63) is 23.8 Å². The number of carbonyl (C=O) groups is 1. The maximum Gasteiger partial charge on any atom is 0.340 e. The molecule has 1 aromatic carbocycles. The average Bonchev–Trinajstić information content (AvgIpc) is 2.91. The first-order valence-corrected chi connectivity index (χ1v) is 6.59. The van der Waals surface area contributed by atoms with Gasteiger partial charge in [-0.3, -0.25) is 0 Å². The quantitative estimate of drug-likeness (QED) is 0.627. The lowest BCUT2D eigenvalue weighted by molar-refractivity contribution is 0.0527. The number of benzene rings is 1. The standard InChI is InChI=1S/C14H20N2O3/c1-2-19-14(17)11-4-3-5-12(13(11)15)16-8-10-6-7-18-9-10/h3-5,10,16H,2,6-9,15H2,1H3. The third-order valence-electron chi connectivity index (χ3n) is 3.21. The summed E-state index contributed by atoms with van der Waals surface area (Å²) in [7, 11) is 0. The highest BCUT2D eigenvalue weighted by atomic mass is 16.5. The fraction of sp³-hybridized carbons (Fsp3) is 0.500. The van der Waals surface area contributed by atoms with Crippen LogP contribution in [0.2, 0.25) is 0 Å². The van der Waals surface area contributed by atoms with E-state index in [4.69, 9.17) is 15.2 Å². The molecular formula is C14H20N2O3. The summed E-state index contributed by atoms with van der Waals surface area (Å²) in [6, 6.07) is 5.35. The maximum atomic E-state index is 11.7. The number of rotatable bonds is 5. The molecule has 19 heavy (non-hydrogen) atoms. The number of nitrogens with two attached hydrogens (primary N) is 1. The molecule has 0 aromatic heterocycles. The Morgan fingerprint density at radius 1 is 1.58 bits per heavy atom. The molecule has 1 atom stereocenters. The van der Waals surface area contributed by atoms with E-state index in [1.165, 1.54) is 0 Å². The monoisotopic (exact) mass is 264 g/mol. The molecular weight excluding hydrogens is 244 g/mol. The van der Waals surface area contributed by atoms with E-state index in [0.717, 1.165) is 31.9 Å². The van der Waals surface area contributed by atoms with Gasteiger partial charge in [0.15, 0.2) is 0 Å². The second kappa shape index (κ2) is 6.43. The highest BCUT2D eigenvalue weighted by Gasteiger charge is 2.17. The van der Waals surface area contributed by atoms with Crippen LogP contribution in [-0.2, 0) is 9.47 Å². The molecule has 1 aliphatic heterocycles. The summed E-state index contributed by atoms with van der Waals surface area (Å²) in [4.78, 5) is 11.7. The SMILES string of the molecule is CCOC(=O)c1cccc(NCC2CCOC2)c1N. The van der Waals surface area contributed by atoms with E-state index in [0.29, 0.717) is 23.8 Å². The first kappa shape index (κ1) is 13.7. The zero-order chi connectivity index (χ0) is 13.7. The largest absolute Gasteiger partial charge is 0.462 e. The second-order valence-electron chi connectivity index (χ2n) is 4.60. The average molecular weight is 264 g/mol. The Labute approximate surface area is 113 Å². The van der Waals surface area contributed by atoms with Gasteiger partial charge in [0, 0.05) is 19.1 Å². The fourth-order valence-electron chi connectivity index (χ4n) is 2.10. The van der Waals surface area contributed by atoms with Crippen LogP contribution in [0.5, 0.6) is 0 Å². The van der Waals surface area contributed by atoms with Crippen LogP contribution in [-0.4, -0.2) is 32.3 Å². The van der Waals surface area contributed by atoms with Crippen molar-refractivity contribution in [2.45, 2.75) is 13.3 Å². The number of carbonyl (C=O) groups excluding carboxylic acids is 1. The van der Waals surface area contributed by atoms with Crippen molar-refractivity contribution in [3.63, 3.8) is 0 Å². The number of ether oxygens (including phenoxy) is 2. The van der Waals surface area contributed by atoms with E-state index in [1.54, 1.807) is 19.1 Å². The van der Waals surface area contributed by atoms with Crippen LogP contribution >= 0.6 is 0 Å². The minimum Gasteiger partial charge on any atom is -0.462 e. The van der Waals surface area contributed by atoms with Crippen molar-refractivity contribution in [3.8, 4) is 0 Å². The van der Waals surface area contributed by atoms with E-state index in [2.05, 4.69) is 5.32 Å². The van der Waals surface area contributed by atoms with Gasteiger partial charge >= 0.3 is 5.97 Å². The minimum atomic E-state index is -0.382. The molecule has 1 aliphatic rings. The van der Waals surface area contributed by atoms with Crippen molar-refractivity contribution in [1.29, 1.82) is 0 Å². The Balaban J connectivity index is 2.03. The molecule has 1 saturated heterocycles. The van der Waals surface area contributed by atoms with Crippen molar-refractivity contribution in [2.75, 3.05) is 37.4 Å². The number of para-hydroxylation sites is 1. The summed E-state index contributed by atoms with van der Waals surface area (Å²) in [5.41, 5.74) is 7.64. The molecule has 0 bridgehead atoms. The highest BCUT2D eigenvalue weighted by molar-refractivity contribution is 5.98. The predicted octanol–water partition coefficient (Wildman–Crippen LogP) is 1.89. The maximum absolute atomic E-state index is 11.7. The van der Waals surface area contributed by atoms with Crippen LogP contribution in [0.25, 0.3) is 0 Å². The Hall–Kier alpha value is -1.75. The third kappa shape index (κ3) is 3.38. The Kier molecular flexibility index (Phi) is 4.63. The summed E-state index contributed by atoms with van der Waals surface area (Å²) in [5, 5.41) is 3.28. The smallest absolute Gasteiger partial charge is 0.340 e. The molecule has 0 amide bonds. The van der Waals surface area contributed by atoms with Crippen LogP contribution in [0.3, 0.4) is 0 Å². The molecule has 0 spiro atoms. The van der Waals surface area contributed by atoms with Crippen molar-refractivity contribution >= 4 is 17.3 Å². The van der Waals surface area contributed by atoms with Gasteiger partial charge in [-0.1, -0.05) is 6.07 Å². The van der Waals surface area contributed by atoms with Crippen LogP contribution < -0.4 is 11.1 Å². The number of hydrogen-bond donors (Lipinski definition) is 2. The molecule has 3 N–H and O–H groups in total. The Bertz CT molecular complexity index is 442. The Morgan fingerprint density at radius 3 is 3.11 bits per heavy atom. The summed E-state index contributed by atoms with van der Waals surface area (Å²) < 4.78 is 10.3. The molecule has 1 fully saturated rings. The summed E-state index contributed by atoms with van der Waals surface area (Å²) in [6.45, 7) is 4.53. The van der Waals surface area contributed by atoms with Crippen LogP contribution in [0.15, 0.2) is 18.2 Å². The van der Waals surface area contributed by atoms with Gasteiger partial charge in [0.2, 0.25) is 0 Å². The normalized spacial score (nSPS) is 18.3. The van der Waals surface area contributed by atoms with Crippen molar-refractivity contribution in [2.24, 2.45) is 5.92 Å². The molecule has 0 saturated carbocycles. The molecule has 1 unspecified atom stereocenters. The lowest BCUT2D eigenvalue weighted by Gasteiger charge is -2.14. The molecule has 0 radical (unpaired) electrons. The Morgan fingerprint density at radius 2 is 2.42 bits per heavy atom. The topological polar surface area (TPSA) is 73.6 Å². The first-order valence-electron chi connectivity index (χ1n) is 6.59. The van der Waals surface area contributed by atoms with Crippen LogP contribution in [0.1, 0.15) is 23.7 Å². The molecule has 1 aromatic rings. The molecule has 1 heterocycles. The van der Waals surface area contributed by atoms with E-state index < -0.39 is 0 Å². The summed E-state index contributed by atoms with van der Waals surface area (Å²) in [5.74, 6) is 0.124. The van der Waals surface area contributed by atoms with Gasteiger partial charge in [0.25, 0.3) is 0 Å². The zero-order valence-electron chi connectivity index (χ0n) is 11.1. The number of hydrogen-bond acceptors (Lipinski definition) is 5. The molecule has 104 valence electrons. The van der Waals surface area contributed by atoms with Crippen molar-refractivity contribution in [1.82, 2.24) is 0 Å². The first-order chi connectivity index (χ1) is 9.22. The molecule has 0 aliphatic carbocycles. The fourth-order valence-corrected chi connectivity index (χ4v) is 2.10. The van der Waals surface area contributed by atoms with E-state index in [9.17, 15) is 4.79 Å². The van der Waals surface area contributed by atoms with Gasteiger partial charge in [-0.05, 0) is 25.5 Å². The number of anilines is 2. The number of nitrogens with one attached hydrogen (secondary N) is 1. The lowest BCUT2D eigenvalue weighted by Crippen LogP contribution is -2.16. The van der Waals surface area contributed by atoms with Gasteiger partial charge in [-0.15, -0.1) is 0 Å². The predicted molar refractivity (Wildman–Crippen MR) is 74.2 cm³/mol. The van der Waals surface area contributed by atoms with Gasteiger partial charge in [-0.2, -0.15) is 0 Å². The summed E-state index contributed by atoms with van der Waals surface area (Å²) in [6.07, 6.45) is 1.06. The van der Waals surface area contributed by atoms with Crippen LogP contribution in [0, 0.1) is 5.92 Å². The summed E-state index contributed by atoms with van der Waals surface area (Å²) >= 11 is 0. The molecule has 2 rings (SSSR count). The van der Waals surface area contributed by atoms with E-state index >= 15 is 0 Å². The number of esters is 1. The van der Waals surface area contributed by atoms with Crippen LogP contribution in [0.4, 0.5) is 11.4 Å².